The first-order chi connectivity index (χ1) is 8.77. The lowest BCUT2D eigenvalue weighted by Crippen LogP contribution is -2.33. The Morgan fingerprint density at radius 2 is 2.44 bits per heavy atom. The summed E-state index contributed by atoms with van der Waals surface area (Å²) >= 11 is 0. The van der Waals surface area contributed by atoms with Gasteiger partial charge in [0.1, 0.15) is 0 Å². The van der Waals surface area contributed by atoms with E-state index < -0.39 is 0 Å². The Labute approximate surface area is 105 Å². The van der Waals surface area contributed by atoms with Crippen molar-refractivity contribution in [1.82, 2.24) is 10.2 Å². The van der Waals surface area contributed by atoms with Crippen LogP contribution < -0.4 is 10.6 Å². The van der Waals surface area contributed by atoms with Crippen molar-refractivity contribution in [2.75, 3.05) is 25.2 Å². The molecule has 0 saturated heterocycles. The number of aromatic nitrogens is 2. The average Bonchev–Trinajstić information content (AvgIpc) is 3.23. The van der Waals surface area contributed by atoms with Gasteiger partial charge in [-0.05, 0) is 18.9 Å². The summed E-state index contributed by atoms with van der Waals surface area (Å²) in [6.45, 7) is 1.31. The van der Waals surface area contributed by atoms with Crippen LogP contribution in [0.3, 0.4) is 0 Å². The first-order valence-electron chi connectivity index (χ1n) is 5.83. The van der Waals surface area contributed by atoms with Gasteiger partial charge in [0.2, 0.25) is 0 Å². The molecule has 0 unspecified atom stereocenters. The largest absolute Gasteiger partial charge is 0.409 e. The Morgan fingerprint density at radius 1 is 1.67 bits per heavy atom. The number of rotatable bonds is 6. The van der Waals surface area contributed by atoms with Crippen molar-refractivity contribution in [3.8, 4) is 0 Å². The van der Waals surface area contributed by atoms with E-state index in [0.29, 0.717) is 30.6 Å². The maximum Gasteiger partial charge on any atom is 0.173 e. The molecule has 1 saturated carbocycles. The van der Waals surface area contributed by atoms with E-state index in [4.69, 9.17) is 15.7 Å². The molecule has 3 N–H and O–H groups in total. The van der Waals surface area contributed by atoms with E-state index in [1.54, 1.807) is 13.2 Å². The number of nitrogens with two attached hydrogens (primary N) is 1. The third kappa shape index (κ3) is 2.67. The summed E-state index contributed by atoms with van der Waals surface area (Å²) in [6.07, 6.45) is 3.77. The molecule has 1 aliphatic carbocycles. The van der Waals surface area contributed by atoms with Gasteiger partial charge >= 0.3 is 0 Å². The third-order valence-corrected chi connectivity index (χ3v) is 2.88. The maximum absolute atomic E-state index is 8.80. The van der Waals surface area contributed by atoms with Gasteiger partial charge in [0.05, 0.1) is 18.4 Å². The maximum atomic E-state index is 8.80. The first kappa shape index (κ1) is 12.6. The molecule has 0 radical (unpaired) electrons. The van der Waals surface area contributed by atoms with Crippen LogP contribution in [0.4, 0.5) is 5.82 Å². The fourth-order valence-electron chi connectivity index (χ4n) is 1.83. The van der Waals surface area contributed by atoms with Crippen LogP contribution >= 0.6 is 0 Å². The Bertz CT molecular complexity index is 433. The highest BCUT2D eigenvalue weighted by atomic mass is 16.5. The van der Waals surface area contributed by atoms with Crippen LogP contribution in [0.25, 0.3) is 0 Å². The van der Waals surface area contributed by atoms with Gasteiger partial charge in [-0.1, -0.05) is 5.16 Å². The zero-order valence-corrected chi connectivity index (χ0v) is 10.3. The minimum Gasteiger partial charge on any atom is -0.409 e. The number of amidine groups is 1. The van der Waals surface area contributed by atoms with Crippen LogP contribution in [0.1, 0.15) is 18.4 Å². The molecule has 0 spiro atoms. The molecule has 0 amide bonds. The van der Waals surface area contributed by atoms with Gasteiger partial charge < -0.3 is 20.6 Å². The van der Waals surface area contributed by atoms with Crippen LogP contribution in [0, 0.1) is 0 Å². The standard InChI is InChI=1S/C11H17N5O2/c1-18-7-6-16(8-2-3-8)11-9(10(12)15-17)4-5-13-14-11/h4-5,8,17H,2-3,6-7H2,1H3,(H2,12,15). The van der Waals surface area contributed by atoms with Gasteiger partial charge in [-0.15, -0.1) is 5.10 Å². The predicted molar refractivity (Wildman–Crippen MR) is 66.8 cm³/mol. The molecule has 1 aromatic rings. The van der Waals surface area contributed by atoms with E-state index in [2.05, 4.69) is 20.3 Å². The minimum atomic E-state index is 0.0444. The molecule has 0 atom stereocenters. The molecule has 1 fully saturated rings. The summed E-state index contributed by atoms with van der Waals surface area (Å²) in [4.78, 5) is 2.10. The molecule has 0 bridgehead atoms. The molecule has 2 rings (SSSR count). The van der Waals surface area contributed by atoms with E-state index in [0.717, 1.165) is 12.8 Å². The van der Waals surface area contributed by atoms with E-state index in [1.165, 1.54) is 6.20 Å². The van der Waals surface area contributed by atoms with Crippen LogP contribution in [0.15, 0.2) is 17.4 Å². The van der Waals surface area contributed by atoms with Crippen LogP contribution in [-0.4, -0.2) is 47.5 Å². The van der Waals surface area contributed by atoms with Crippen molar-refractivity contribution in [1.29, 1.82) is 0 Å². The number of methoxy groups -OCH3 is 1. The van der Waals surface area contributed by atoms with E-state index in [1.807, 2.05) is 0 Å². The lowest BCUT2D eigenvalue weighted by atomic mass is 10.2. The summed E-state index contributed by atoms with van der Waals surface area (Å²) in [7, 11) is 1.66. The lowest BCUT2D eigenvalue weighted by Gasteiger charge is -2.24. The van der Waals surface area contributed by atoms with Crippen molar-refractivity contribution in [3.63, 3.8) is 0 Å². The summed E-state index contributed by atoms with van der Waals surface area (Å²) in [5.74, 6) is 0.690. The highest BCUT2D eigenvalue weighted by Gasteiger charge is 2.31. The quantitative estimate of drug-likeness (QED) is 0.324. The molecule has 18 heavy (non-hydrogen) atoms. The number of hydrogen-bond acceptors (Lipinski definition) is 6. The zero-order valence-electron chi connectivity index (χ0n) is 10.3. The second-order valence-corrected chi connectivity index (χ2v) is 4.17. The summed E-state index contributed by atoms with van der Waals surface area (Å²) < 4.78 is 5.10. The summed E-state index contributed by atoms with van der Waals surface area (Å²) in [6, 6.07) is 2.14. The van der Waals surface area contributed by atoms with Crippen molar-refractivity contribution in [2.45, 2.75) is 18.9 Å². The van der Waals surface area contributed by atoms with Crippen LogP contribution in [-0.2, 0) is 4.74 Å². The number of ether oxygens (including phenoxy) is 1. The molecule has 7 nitrogen and oxygen atoms in total. The normalized spacial score (nSPS) is 15.7. The number of oxime groups is 1. The summed E-state index contributed by atoms with van der Waals surface area (Å²) in [5.41, 5.74) is 6.25. The number of anilines is 1. The highest BCUT2D eigenvalue weighted by molar-refractivity contribution is 6.01. The van der Waals surface area contributed by atoms with Crippen molar-refractivity contribution >= 4 is 11.7 Å². The predicted octanol–water partition coefficient (Wildman–Crippen LogP) is 0.186. The van der Waals surface area contributed by atoms with Crippen LogP contribution in [0.5, 0.6) is 0 Å². The SMILES string of the molecule is COCCN(c1nnccc1/C(N)=N/O)C1CC1. The molecule has 0 aromatic carbocycles. The van der Waals surface area contributed by atoms with Gasteiger partial charge in [-0.2, -0.15) is 5.10 Å². The average molecular weight is 251 g/mol. The Hall–Kier alpha value is -1.89. The minimum absolute atomic E-state index is 0.0444. The number of nitrogens with zero attached hydrogens (tertiary/aromatic N) is 4. The molecule has 1 heterocycles. The molecule has 7 heteroatoms. The monoisotopic (exact) mass is 251 g/mol. The second kappa shape index (κ2) is 5.63. The fraction of sp³-hybridized carbons (Fsp3) is 0.545. The Kier molecular flexibility index (Phi) is 3.93. The van der Waals surface area contributed by atoms with Gasteiger partial charge in [0.15, 0.2) is 11.7 Å². The van der Waals surface area contributed by atoms with Crippen molar-refractivity contribution < 1.29 is 9.94 Å². The van der Waals surface area contributed by atoms with Crippen molar-refractivity contribution in [2.24, 2.45) is 10.9 Å². The smallest absolute Gasteiger partial charge is 0.173 e. The van der Waals surface area contributed by atoms with Crippen molar-refractivity contribution in [3.05, 3.63) is 17.8 Å². The van der Waals surface area contributed by atoms with Gasteiger partial charge in [0.25, 0.3) is 0 Å². The first-order valence-corrected chi connectivity index (χ1v) is 5.83. The van der Waals surface area contributed by atoms with E-state index in [9.17, 15) is 0 Å². The molecule has 0 aliphatic heterocycles. The Morgan fingerprint density at radius 3 is 3.06 bits per heavy atom. The van der Waals surface area contributed by atoms with Crippen LogP contribution in [0.2, 0.25) is 0 Å². The zero-order chi connectivity index (χ0) is 13.0. The summed E-state index contributed by atoms with van der Waals surface area (Å²) in [5, 5.41) is 19.8. The topological polar surface area (TPSA) is 96.9 Å². The molecule has 98 valence electrons. The van der Waals surface area contributed by atoms with Gasteiger partial charge in [0, 0.05) is 19.7 Å². The Balaban J connectivity index is 2.28. The second-order valence-electron chi connectivity index (χ2n) is 4.17. The van der Waals surface area contributed by atoms with Gasteiger partial charge in [-0.25, -0.2) is 0 Å². The molecule has 1 aromatic heterocycles. The van der Waals surface area contributed by atoms with Gasteiger partial charge in [-0.3, -0.25) is 0 Å². The van der Waals surface area contributed by atoms with E-state index >= 15 is 0 Å². The van der Waals surface area contributed by atoms with E-state index in [-0.39, 0.29) is 5.84 Å². The number of hydrogen-bond donors (Lipinski definition) is 2. The third-order valence-electron chi connectivity index (χ3n) is 2.88. The lowest BCUT2D eigenvalue weighted by molar-refractivity contribution is 0.204. The highest BCUT2D eigenvalue weighted by Crippen LogP contribution is 2.31. The molecular weight excluding hydrogens is 234 g/mol. The fourth-order valence-corrected chi connectivity index (χ4v) is 1.83. The molecular formula is C11H17N5O2. The molecule has 1 aliphatic rings.